The lowest BCUT2D eigenvalue weighted by Gasteiger charge is -2.42. The summed E-state index contributed by atoms with van der Waals surface area (Å²) in [5, 5.41) is 10.8. The third kappa shape index (κ3) is 2.11. The van der Waals surface area contributed by atoms with Gasteiger partial charge in [-0.05, 0) is 38.8 Å². The molecule has 2 fully saturated rings. The maximum atomic E-state index is 13.1. The van der Waals surface area contributed by atoms with E-state index in [0.717, 1.165) is 19.0 Å². The maximum Gasteiger partial charge on any atom is 0.433 e. The van der Waals surface area contributed by atoms with E-state index in [2.05, 4.69) is 9.88 Å². The molecule has 6 heteroatoms. The van der Waals surface area contributed by atoms with Crippen LogP contribution in [0.4, 0.5) is 13.2 Å². The van der Waals surface area contributed by atoms with Gasteiger partial charge in [-0.2, -0.15) is 13.2 Å². The number of pyridine rings is 1. The summed E-state index contributed by atoms with van der Waals surface area (Å²) in [5.74, 6) is 0. The fourth-order valence-electron chi connectivity index (χ4n) is 3.67. The summed E-state index contributed by atoms with van der Waals surface area (Å²) < 4.78 is 39.2. The van der Waals surface area contributed by atoms with Crippen LogP contribution in [-0.2, 0) is 11.8 Å². The normalized spacial score (nSPS) is 34.5. The summed E-state index contributed by atoms with van der Waals surface area (Å²) in [7, 11) is 1.98. The Kier molecular flexibility index (Phi) is 3.06. The van der Waals surface area contributed by atoms with Crippen LogP contribution in [0.1, 0.15) is 36.9 Å². The number of rotatable bonds is 1. The van der Waals surface area contributed by atoms with E-state index in [0.29, 0.717) is 12.8 Å². The summed E-state index contributed by atoms with van der Waals surface area (Å²) >= 11 is 0. The minimum Gasteiger partial charge on any atom is -0.385 e. The smallest absolute Gasteiger partial charge is 0.385 e. The second-order valence-electron chi connectivity index (χ2n) is 5.89. The average molecular weight is 286 g/mol. The molecule has 2 aliphatic heterocycles. The van der Waals surface area contributed by atoms with Crippen LogP contribution < -0.4 is 0 Å². The number of halogens is 3. The molecule has 1 aromatic heterocycles. The zero-order chi connectivity index (χ0) is 14.5. The molecule has 0 aromatic carbocycles. The highest BCUT2D eigenvalue weighted by molar-refractivity contribution is 5.30. The first-order valence-electron chi connectivity index (χ1n) is 6.78. The number of hydrogen-bond acceptors (Lipinski definition) is 3. The fourth-order valence-corrected chi connectivity index (χ4v) is 3.67. The molecule has 0 spiro atoms. The summed E-state index contributed by atoms with van der Waals surface area (Å²) in [5.41, 5.74) is -2.44. The van der Waals surface area contributed by atoms with Crippen molar-refractivity contribution >= 4 is 0 Å². The van der Waals surface area contributed by atoms with Crippen molar-refractivity contribution in [3.05, 3.63) is 29.6 Å². The molecule has 3 nitrogen and oxygen atoms in total. The van der Waals surface area contributed by atoms with Gasteiger partial charge in [0.05, 0.1) is 5.60 Å². The van der Waals surface area contributed by atoms with Crippen LogP contribution in [0.2, 0.25) is 0 Å². The van der Waals surface area contributed by atoms with Crippen molar-refractivity contribution < 1.29 is 18.3 Å². The number of hydrogen-bond donors (Lipinski definition) is 1. The molecule has 2 unspecified atom stereocenters. The first-order valence-corrected chi connectivity index (χ1v) is 6.78. The summed E-state index contributed by atoms with van der Waals surface area (Å²) in [6.45, 7) is 0. The van der Waals surface area contributed by atoms with E-state index in [1.54, 1.807) is 0 Å². The minimum atomic E-state index is -4.53. The number of piperidine rings is 1. The van der Waals surface area contributed by atoms with Crippen LogP contribution >= 0.6 is 0 Å². The molecule has 1 N–H and O–H groups in total. The standard InChI is InChI=1S/C14H17F3N2O/c1-19-9-4-5-10(19)8-13(20,7-9)11-3-2-6-18-12(11)14(15,16)17/h2-3,6,9-10,20H,4-5,7-8H2,1H3. The molecule has 2 aliphatic rings. The van der Waals surface area contributed by atoms with Crippen LogP contribution in [0.25, 0.3) is 0 Å². The SMILES string of the molecule is CN1C2CCC1CC(O)(c1cccnc1C(F)(F)F)C2. The molecule has 0 amide bonds. The molecule has 0 saturated carbocycles. The topological polar surface area (TPSA) is 36.4 Å². The van der Waals surface area contributed by atoms with Gasteiger partial charge < -0.3 is 10.0 Å². The van der Waals surface area contributed by atoms with E-state index in [1.807, 2.05) is 7.05 Å². The lowest BCUT2D eigenvalue weighted by Crippen LogP contribution is -2.48. The van der Waals surface area contributed by atoms with Gasteiger partial charge in [0.1, 0.15) is 5.69 Å². The largest absolute Gasteiger partial charge is 0.433 e. The maximum absolute atomic E-state index is 13.1. The Labute approximate surface area is 115 Å². The van der Waals surface area contributed by atoms with Gasteiger partial charge >= 0.3 is 6.18 Å². The molecule has 3 rings (SSSR count). The Morgan fingerprint density at radius 3 is 2.45 bits per heavy atom. The molecule has 2 atom stereocenters. The number of alkyl halides is 3. The van der Waals surface area contributed by atoms with Crippen molar-refractivity contribution in [3.8, 4) is 0 Å². The zero-order valence-electron chi connectivity index (χ0n) is 11.2. The number of nitrogens with zero attached hydrogens (tertiary/aromatic N) is 2. The second kappa shape index (κ2) is 4.43. The van der Waals surface area contributed by atoms with E-state index in [4.69, 9.17) is 0 Å². The van der Waals surface area contributed by atoms with Gasteiger partial charge in [-0.1, -0.05) is 6.07 Å². The molecule has 3 heterocycles. The lowest BCUT2D eigenvalue weighted by atomic mass is 9.80. The van der Waals surface area contributed by atoms with Gasteiger partial charge in [0.15, 0.2) is 0 Å². The van der Waals surface area contributed by atoms with Crippen molar-refractivity contribution in [1.29, 1.82) is 0 Å². The van der Waals surface area contributed by atoms with E-state index in [9.17, 15) is 18.3 Å². The first-order chi connectivity index (χ1) is 9.31. The van der Waals surface area contributed by atoms with Gasteiger partial charge in [0.25, 0.3) is 0 Å². The van der Waals surface area contributed by atoms with Gasteiger partial charge in [0, 0.05) is 23.8 Å². The molecule has 1 aromatic rings. The van der Waals surface area contributed by atoms with Crippen LogP contribution in [0, 0.1) is 0 Å². The molecule has 0 radical (unpaired) electrons. The van der Waals surface area contributed by atoms with Crippen molar-refractivity contribution in [2.45, 2.75) is 49.5 Å². The highest BCUT2D eigenvalue weighted by atomic mass is 19.4. The Balaban J connectivity index is 2.01. The molecule has 2 bridgehead atoms. The predicted molar refractivity (Wildman–Crippen MR) is 66.9 cm³/mol. The van der Waals surface area contributed by atoms with Crippen molar-refractivity contribution in [3.63, 3.8) is 0 Å². The monoisotopic (exact) mass is 286 g/mol. The Bertz CT molecular complexity index is 503. The van der Waals surface area contributed by atoms with Crippen molar-refractivity contribution in [2.24, 2.45) is 0 Å². The highest BCUT2D eigenvalue weighted by Gasteiger charge is 2.50. The fraction of sp³-hybridized carbons (Fsp3) is 0.643. The van der Waals surface area contributed by atoms with E-state index in [-0.39, 0.29) is 17.6 Å². The van der Waals surface area contributed by atoms with Crippen LogP contribution in [0.5, 0.6) is 0 Å². The molecule has 110 valence electrons. The molecule has 2 saturated heterocycles. The quantitative estimate of drug-likeness (QED) is 0.862. The van der Waals surface area contributed by atoms with Gasteiger partial charge in [-0.15, -0.1) is 0 Å². The Morgan fingerprint density at radius 2 is 1.90 bits per heavy atom. The third-order valence-electron chi connectivity index (χ3n) is 4.71. The number of aliphatic hydroxyl groups is 1. The average Bonchev–Trinajstić information content (AvgIpc) is 2.62. The predicted octanol–water partition coefficient (Wildman–Crippen LogP) is 2.54. The number of aromatic nitrogens is 1. The van der Waals surface area contributed by atoms with Crippen LogP contribution in [0.3, 0.4) is 0 Å². The van der Waals surface area contributed by atoms with Crippen molar-refractivity contribution in [2.75, 3.05) is 7.05 Å². The van der Waals surface area contributed by atoms with Gasteiger partial charge in [0.2, 0.25) is 0 Å². The van der Waals surface area contributed by atoms with Crippen LogP contribution in [-0.4, -0.2) is 34.1 Å². The second-order valence-corrected chi connectivity index (χ2v) is 5.89. The van der Waals surface area contributed by atoms with E-state index < -0.39 is 17.5 Å². The summed E-state index contributed by atoms with van der Waals surface area (Å²) in [6.07, 6.45) is -0.853. The van der Waals surface area contributed by atoms with Crippen molar-refractivity contribution in [1.82, 2.24) is 9.88 Å². The molecular formula is C14H17F3N2O. The highest BCUT2D eigenvalue weighted by Crippen LogP contribution is 2.47. The Hall–Kier alpha value is -1.14. The molecular weight excluding hydrogens is 269 g/mol. The molecule has 0 aliphatic carbocycles. The minimum absolute atomic E-state index is 0.0718. The summed E-state index contributed by atoms with van der Waals surface area (Å²) in [4.78, 5) is 5.64. The van der Waals surface area contributed by atoms with Gasteiger partial charge in [-0.3, -0.25) is 4.98 Å². The van der Waals surface area contributed by atoms with E-state index in [1.165, 1.54) is 12.1 Å². The lowest BCUT2D eigenvalue weighted by molar-refractivity contribution is -0.146. The van der Waals surface area contributed by atoms with Gasteiger partial charge in [-0.25, -0.2) is 0 Å². The Morgan fingerprint density at radius 1 is 1.30 bits per heavy atom. The summed E-state index contributed by atoms with van der Waals surface area (Å²) in [6, 6.07) is 3.13. The number of fused-ring (bicyclic) bond motifs is 2. The third-order valence-corrected chi connectivity index (χ3v) is 4.71. The zero-order valence-corrected chi connectivity index (χ0v) is 11.2. The van der Waals surface area contributed by atoms with E-state index >= 15 is 0 Å². The first kappa shape index (κ1) is 13.8. The van der Waals surface area contributed by atoms with Crippen LogP contribution in [0.15, 0.2) is 18.3 Å². The molecule has 20 heavy (non-hydrogen) atoms.